The molecular weight excluding hydrogens is 278 g/mol. The Morgan fingerprint density at radius 3 is 2.64 bits per heavy atom. The minimum absolute atomic E-state index is 0.00593. The fourth-order valence-corrected chi connectivity index (χ4v) is 2.07. The molecule has 0 spiro atoms. The van der Waals surface area contributed by atoms with Crippen molar-refractivity contribution in [3.63, 3.8) is 0 Å². The van der Waals surface area contributed by atoms with E-state index >= 15 is 0 Å². The molecule has 2 heterocycles. The van der Waals surface area contributed by atoms with Crippen LogP contribution in [0.2, 0.25) is 0 Å². The molecule has 2 aromatic heterocycles. The predicted molar refractivity (Wildman–Crippen MR) is 80.1 cm³/mol. The number of anilines is 1. The number of hydrogen-bond acceptors (Lipinski definition) is 6. The number of rotatable bonds is 4. The average molecular weight is 291 g/mol. The number of benzene rings is 1. The molecule has 0 aliphatic carbocycles. The van der Waals surface area contributed by atoms with Crippen LogP contribution < -0.4 is 5.32 Å². The monoisotopic (exact) mass is 291 g/mol. The van der Waals surface area contributed by atoms with Gasteiger partial charge in [0.15, 0.2) is 11.5 Å². The smallest absolute Gasteiger partial charge is 0.182 e. The van der Waals surface area contributed by atoms with Gasteiger partial charge in [-0.05, 0) is 24.6 Å². The standard InChI is InChI=1S/C15H13N7/c1-11(21-15-14(8-16)18-6-7-19-15)12-2-4-13(5-3-12)22-10-17-9-20-22/h2-7,9-11H,1H3,(H,19,21). The lowest BCUT2D eigenvalue weighted by atomic mass is 10.1. The van der Waals surface area contributed by atoms with Crippen LogP contribution in [-0.4, -0.2) is 24.7 Å². The van der Waals surface area contributed by atoms with E-state index < -0.39 is 0 Å². The summed E-state index contributed by atoms with van der Waals surface area (Å²) in [7, 11) is 0. The molecule has 0 amide bonds. The van der Waals surface area contributed by atoms with Gasteiger partial charge in [-0.2, -0.15) is 10.4 Å². The molecule has 0 aliphatic heterocycles. The van der Waals surface area contributed by atoms with Gasteiger partial charge >= 0.3 is 0 Å². The fraction of sp³-hybridized carbons (Fsp3) is 0.133. The number of nitrogens with one attached hydrogen (secondary N) is 1. The molecular formula is C15H13N7. The Labute approximate surface area is 127 Å². The second-order valence-corrected chi connectivity index (χ2v) is 4.66. The van der Waals surface area contributed by atoms with E-state index in [0.717, 1.165) is 11.3 Å². The molecule has 0 fully saturated rings. The first kappa shape index (κ1) is 13.7. The van der Waals surface area contributed by atoms with Crippen LogP contribution in [0.4, 0.5) is 5.82 Å². The zero-order chi connectivity index (χ0) is 15.4. The fourth-order valence-electron chi connectivity index (χ4n) is 2.07. The number of hydrogen-bond donors (Lipinski definition) is 1. The molecule has 0 saturated heterocycles. The van der Waals surface area contributed by atoms with Crippen molar-refractivity contribution in [1.82, 2.24) is 24.7 Å². The molecule has 0 radical (unpaired) electrons. The first-order chi connectivity index (χ1) is 10.8. The molecule has 22 heavy (non-hydrogen) atoms. The lowest BCUT2D eigenvalue weighted by molar-refractivity contribution is 0.855. The summed E-state index contributed by atoms with van der Waals surface area (Å²) in [5.74, 6) is 0.484. The van der Waals surface area contributed by atoms with E-state index in [0.29, 0.717) is 5.82 Å². The minimum Gasteiger partial charge on any atom is -0.361 e. The van der Waals surface area contributed by atoms with Gasteiger partial charge in [-0.15, -0.1) is 0 Å². The van der Waals surface area contributed by atoms with E-state index in [-0.39, 0.29) is 11.7 Å². The molecule has 108 valence electrons. The quantitative estimate of drug-likeness (QED) is 0.791. The third-order valence-corrected chi connectivity index (χ3v) is 3.23. The van der Waals surface area contributed by atoms with Crippen LogP contribution in [0.25, 0.3) is 5.69 Å². The van der Waals surface area contributed by atoms with E-state index in [4.69, 9.17) is 5.26 Å². The highest BCUT2D eigenvalue weighted by Crippen LogP contribution is 2.20. The van der Waals surface area contributed by atoms with Crippen molar-refractivity contribution < 1.29 is 0 Å². The zero-order valence-electron chi connectivity index (χ0n) is 11.9. The lowest BCUT2D eigenvalue weighted by Crippen LogP contribution is -2.10. The molecule has 7 nitrogen and oxygen atoms in total. The van der Waals surface area contributed by atoms with Crippen molar-refractivity contribution in [2.24, 2.45) is 0 Å². The number of nitrogens with zero attached hydrogens (tertiary/aromatic N) is 6. The Hall–Kier alpha value is -3.27. The highest BCUT2D eigenvalue weighted by molar-refractivity contribution is 5.48. The van der Waals surface area contributed by atoms with Gasteiger partial charge in [0.1, 0.15) is 18.7 Å². The van der Waals surface area contributed by atoms with Crippen molar-refractivity contribution in [3.8, 4) is 11.8 Å². The van der Waals surface area contributed by atoms with Gasteiger partial charge in [0.2, 0.25) is 0 Å². The molecule has 1 aromatic carbocycles. The topological polar surface area (TPSA) is 92.3 Å². The Morgan fingerprint density at radius 1 is 1.18 bits per heavy atom. The van der Waals surface area contributed by atoms with Gasteiger partial charge in [-0.1, -0.05) is 12.1 Å². The summed E-state index contributed by atoms with van der Waals surface area (Å²) in [5, 5.41) is 16.3. The first-order valence-electron chi connectivity index (χ1n) is 6.70. The Kier molecular flexibility index (Phi) is 3.74. The van der Waals surface area contributed by atoms with Crippen LogP contribution in [0.15, 0.2) is 49.3 Å². The molecule has 0 bridgehead atoms. The average Bonchev–Trinajstić information content (AvgIpc) is 3.10. The van der Waals surface area contributed by atoms with Crippen LogP contribution >= 0.6 is 0 Å². The van der Waals surface area contributed by atoms with Crippen LogP contribution in [0, 0.1) is 11.3 Å². The summed E-state index contributed by atoms with van der Waals surface area (Å²) < 4.78 is 1.69. The summed E-state index contributed by atoms with van der Waals surface area (Å²) in [6, 6.07) is 9.94. The second-order valence-electron chi connectivity index (χ2n) is 4.66. The highest BCUT2D eigenvalue weighted by Gasteiger charge is 2.10. The van der Waals surface area contributed by atoms with Crippen molar-refractivity contribution in [2.45, 2.75) is 13.0 Å². The Morgan fingerprint density at radius 2 is 1.95 bits per heavy atom. The summed E-state index contributed by atoms with van der Waals surface area (Å²) in [4.78, 5) is 12.1. The summed E-state index contributed by atoms with van der Waals surface area (Å²) in [5.41, 5.74) is 2.29. The van der Waals surface area contributed by atoms with Crippen LogP contribution in [0.1, 0.15) is 24.2 Å². The van der Waals surface area contributed by atoms with Crippen molar-refractivity contribution in [1.29, 1.82) is 5.26 Å². The summed E-state index contributed by atoms with van der Waals surface area (Å²) in [6.45, 7) is 2.00. The first-order valence-corrected chi connectivity index (χ1v) is 6.70. The minimum atomic E-state index is -0.00593. The second kappa shape index (κ2) is 6.01. The maximum atomic E-state index is 9.04. The molecule has 7 heteroatoms. The number of aromatic nitrogens is 5. The van der Waals surface area contributed by atoms with Crippen molar-refractivity contribution >= 4 is 5.82 Å². The highest BCUT2D eigenvalue weighted by atomic mass is 15.3. The van der Waals surface area contributed by atoms with Crippen LogP contribution in [0.3, 0.4) is 0 Å². The van der Waals surface area contributed by atoms with Crippen molar-refractivity contribution in [3.05, 3.63) is 60.6 Å². The van der Waals surface area contributed by atoms with Gasteiger partial charge in [0.05, 0.1) is 11.7 Å². The van der Waals surface area contributed by atoms with Gasteiger partial charge in [0, 0.05) is 12.4 Å². The molecule has 3 aromatic rings. The van der Waals surface area contributed by atoms with E-state index in [1.807, 2.05) is 37.3 Å². The molecule has 1 unspecified atom stereocenters. The van der Waals surface area contributed by atoms with E-state index in [2.05, 4.69) is 25.4 Å². The normalized spacial score (nSPS) is 11.6. The molecule has 0 saturated carbocycles. The summed E-state index contributed by atoms with van der Waals surface area (Å²) >= 11 is 0. The molecule has 1 atom stereocenters. The molecule has 3 rings (SSSR count). The van der Waals surface area contributed by atoms with Gasteiger partial charge < -0.3 is 5.32 Å². The third-order valence-electron chi connectivity index (χ3n) is 3.23. The van der Waals surface area contributed by atoms with E-state index in [1.165, 1.54) is 12.5 Å². The van der Waals surface area contributed by atoms with Crippen LogP contribution in [0.5, 0.6) is 0 Å². The van der Waals surface area contributed by atoms with Crippen LogP contribution in [-0.2, 0) is 0 Å². The van der Waals surface area contributed by atoms with E-state index in [9.17, 15) is 0 Å². The summed E-state index contributed by atoms with van der Waals surface area (Å²) in [6.07, 6.45) is 6.20. The maximum Gasteiger partial charge on any atom is 0.182 e. The van der Waals surface area contributed by atoms with Gasteiger partial charge in [-0.25, -0.2) is 19.6 Å². The van der Waals surface area contributed by atoms with Crippen molar-refractivity contribution in [2.75, 3.05) is 5.32 Å². The molecule has 0 aliphatic rings. The number of nitriles is 1. The third kappa shape index (κ3) is 2.76. The Bertz CT molecular complexity index is 788. The zero-order valence-corrected chi connectivity index (χ0v) is 11.9. The van der Waals surface area contributed by atoms with E-state index in [1.54, 1.807) is 17.2 Å². The lowest BCUT2D eigenvalue weighted by Gasteiger charge is -2.15. The molecule has 1 N–H and O–H groups in total. The SMILES string of the molecule is CC(Nc1nccnc1C#N)c1ccc(-n2cncn2)cc1. The predicted octanol–water partition coefficient (Wildman–Crippen LogP) is 2.10. The Balaban J connectivity index is 1.78. The maximum absolute atomic E-state index is 9.04. The van der Waals surface area contributed by atoms with Gasteiger partial charge in [-0.3, -0.25) is 0 Å². The van der Waals surface area contributed by atoms with Gasteiger partial charge in [0.25, 0.3) is 0 Å². The largest absolute Gasteiger partial charge is 0.361 e.